The SMILES string of the molecule is CCC(=O)OC1(C(F)(F)F)OCC(C)(OC(=O)C(C)(C)CC)C1(F)F. The van der Waals surface area contributed by atoms with Gasteiger partial charge < -0.3 is 14.2 Å². The zero-order valence-electron chi connectivity index (χ0n) is 14.6. The van der Waals surface area contributed by atoms with E-state index in [-0.39, 0.29) is 6.42 Å². The summed E-state index contributed by atoms with van der Waals surface area (Å²) >= 11 is 0. The van der Waals surface area contributed by atoms with E-state index in [1.165, 1.54) is 13.8 Å². The summed E-state index contributed by atoms with van der Waals surface area (Å²) in [6.45, 7) is 4.87. The average Bonchev–Trinajstić information content (AvgIpc) is 2.67. The van der Waals surface area contributed by atoms with Gasteiger partial charge in [0.2, 0.25) is 5.60 Å². The van der Waals surface area contributed by atoms with Gasteiger partial charge in [0.25, 0.3) is 0 Å². The van der Waals surface area contributed by atoms with Crippen molar-refractivity contribution in [3.63, 3.8) is 0 Å². The van der Waals surface area contributed by atoms with E-state index in [9.17, 15) is 31.5 Å². The highest BCUT2D eigenvalue weighted by Crippen LogP contribution is 2.57. The third-order valence-electron chi connectivity index (χ3n) is 4.30. The van der Waals surface area contributed by atoms with Crippen LogP contribution >= 0.6 is 0 Å². The largest absolute Gasteiger partial charge is 0.462 e. The Labute approximate surface area is 141 Å². The van der Waals surface area contributed by atoms with Crippen LogP contribution in [0, 0.1) is 5.41 Å². The van der Waals surface area contributed by atoms with Crippen molar-refractivity contribution >= 4 is 11.9 Å². The Balaban J connectivity index is 3.32. The van der Waals surface area contributed by atoms with Crippen LogP contribution in [0.25, 0.3) is 0 Å². The van der Waals surface area contributed by atoms with Crippen molar-refractivity contribution in [1.82, 2.24) is 0 Å². The van der Waals surface area contributed by atoms with Crippen molar-refractivity contribution in [3.8, 4) is 0 Å². The highest BCUT2D eigenvalue weighted by atomic mass is 19.4. The molecule has 146 valence electrons. The van der Waals surface area contributed by atoms with Gasteiger partial charge in [-0.3, -0.25) is 9.59 Å². The van der Waals surface area contributed by atoms with E-state index in [2.05, 4.69) is 9.47 Å². The topological polar surface area (TPSA) is 61.8 Å². The molecule has 10 heteroatoms. The van der Waals surface area contributed by atoms with E-state index in [0.29, 0.717) is 6.92 Å². The maximum absolute atomic E-state index is 14.8. The number of halogens is 5. The smallest absolute Gasteiger partial charge is 0.450 e. The number of hydrogen-bond acceptors (Lipinski definition) is 5. The Morgan fingerprint density at radius 1 is 1.12 bits per heavy atom. The molecule has 5 nitrogen and oxygen atoms in total. The quantitative estimate of drug-likeness (QED) is 0.542. The summed E-state index contributed by atoms with van der Waals surface area (Å²) in [7, 11) is 0. The van der Waals surface area contributed by atoms with Crippen LogP contribution in [0.5, 0.6) is 0 Å². The normalized spacial score (nSPS) is 29.4. The lowest BCUT2D eigenvalue weighted by atomic mass is 9.89. The summed E-state index contributed by atoms with van der Waals surface area (Å²) in [5.41, 5.74) is -4.15. The zero-order chi connectivity index (χ0) is 19.9. The second-order valence-electron chi connectivity index (χ2n) is 6.66. The van der Waals surface area contributed by atoms with E-state index in [4.69, 9.17) is 4.74 Å². The summed E-state index contributed by atoms with van der Waals surface area (Å²) < 4.78 is 82.6. The second kappa shape index (κ2) is 6.37. The fourth-order valence-corrected chi connectivity index (χ4v) is 1.99. The molecule has 0 aromatic carbocycles. The first-order valence-electron chi connectivity index (χ1n) is 7.64. The lowest BCUT2D eigenvalue weighted by Crippen LogP contribution is -2.65. The predicted molar refractivity (Wildman–Crippen MR) is 74.6 cm³/mol. The van der Waals surface area contributed by atoms with Crippen molar-refractivity contribution in [2.45, 2.75) is 70.9 Å². The summed E-state index contributed by atoms with van der Waals surface area (Å²) in [6, 6.07) is 0. The molecule has 0 N–H and O–H groups in total. The van der Waals surface area contributed by atoms with Gasteiger partial charge in [0.05, 0.1) is 12.0 Å². The maximum Gasteiger partial charge on any atom is 0.462 e. The molecule has 1 saturated heterocycles. The lowest BCUT2D eigenvalue weighted by molar-refractivity contribution is -0.409. The molecule has 1 rings (SSSR count). The first kappa shape index (κ1) is 21.6. The first-order valence-corrected chi connectivity index (χ1v) is 7.64. The van der Waals surface area contributed by atoms with Gasteiger partial charge in [0.1, 0.15) is 0 Å². The molecule has 2 unspecified atom stereocenters. The second-order valence-corrected chi connectivity index (χ2v) is 6.66. The van der Waals surface area contributed by atoms with Crippen LogP contribution in [0.15, 0.2) is 0 Å². The summed E-state index contributed by atoms with van der Waals surface area (Å²) in [5.74, 6) is -12.0. The van der Waals surface area contributed by atoms with Gasteiger partial charge in [-0.2, -0.15) is 22.0 Å². The van der Waals surface area contributed by atoms with E-state index >= 15 is 0 Å². The third-order valence-corrected chi connectivity index (χ3v) is 4.30. The molecule has 1 fully saturated rings. The highest BCUT2D eigenvalue weighted by molar-refractivity contribution is 5.76. The van der Waals surface area contributed by atoms with Crippen LogP contribution in [0.4, 0.5) is 22.0 Å². The first-order chi connectivity index (χ1) is 11.1. The van der Waals surface area contributed by atoms with Crippen molar-refractivity contribution in [1.29, 1.82) is 0 Å². The minimum Gasteiger partial charge on any atom is -0.450 e. The molecule has 0 bridgehead atoms. The number of rotatable bonds is 5. The molecule has 0 aromatic heterocycles. The maximum atomic E-state index is 14.8. The Morgan fingerprint density at radius 3 is 2.04 bits per heavy atom. The highest BCUT2D eigenvalue weighted by Gasteiger charge is 2.85. The number of esters is 2. The van der Waals surface area contributed by atoms with Crippen LogP contribution in [-0.4, -0.2) is 42.0 Å². The Hall–Kier alpha value is -1.45. The van der Waals surface area contributed by atoms with Crippen molar-refractivity contribution < 1.29 is 45.8 Å². The predicted octanol–water partition coefficient (Wildman–Crippen LogP) is 3.60. The van der Waals surface area contributed by atoms with Gasteiger partial charge in [-0.25, -0.2) is 0 Å². The van der Waals surface area contributed by atoms with Gasteiger partial charge in [0, 0.05) is 6.42 Å². The molecule has 1 aliphatic heterocycles. The van der Waals surface area contributed by atoms with E-state index in [1.54, 1.807) is 6.92 Å². The van der Waals surface area contributed by atoms with Crippen LogP contribution in [0.3, 0.4) is 0 Å². The standard InChI is InChI=1S/C15H21F5O5/c1-6-9(21)24-14(15(18,19)20)13(16,17)12(5,8-23-14)25-10(22)11(3,4)7-2/h6-8H2,1-5H3. The molecule has 1 aliphatic rings. The van der Waals surface area contributed by atoms with Gasteiger partial charge in [-0.05, 0) is 27.2 Å². The van der Waals surface area contributed by atoms with Crippen LogP contribution in [-0.2, 0) is 23.8 Å². The molecule has 0 radical (unpaired) electrons. The number of alkyl halides is 5. The van der Waals surface area contributed by atoms with Crippen molar-refractivity contribution in [3.05, 3.63) is 0 Å². The number of carbonyl (C=O) groups is 2. The fourth-order valence-electron chi connectivity index (χ4n) is 1.99. The molecular weight excluding hydrogens is 355 g/mol. The molecule has 0 aliphatic carbocycles. The van der Waals surface area contributed by atoms with E-state index < -0.39 is 53.9 Å². The minimum absolute atomic E-state index is 0.212. The third kappa shape index (κ3) is 3.32. The summed E-state index contributed by atoms with van der Waals surface area (Å²) in [5, 5.41) is 0. The molecule has 25 heavy (non-hydrogen) atoms. The zero-order valence-corrected chi connectivity index (χ0v) is 14.6. The average molecular weight is 376 g/mol. The number of carbonyl (C=O) groups excluding carboxylic acids is 2. The molecule has 2 atom stereocenters. The van der Waals surface area contributed by atoms with Gasteiger partial charge in [0.15, 0.2) is 0 Å². The fraction of sp³-hybridized carbons (Fsp3) is 0.867. The molecule has 1 heterocycles. The van der Waals surface area contributed by atoms with Crippen molar-refractivity contribution in [2.75, 3.05) is 6.61 Å². The van der Waals surface area contributed by atoms with Crippen LogP contribution in [0.2, 0.25) is 0 Å². The lowest BCUT2D eigenvalue weighted by Gasteiger charge is -2.38. The number of ether oxygens (including phenoxy) is 3. The van der Waals surface area contributed by atoms with E-state index in [0.717, 1.165) is 6.92 Å². The summed E-state index contributed by atoms with van der Waals surface area (Å²) in [4.78, 5) is 23.4. The van der Waals surface area contributed by atoms with Crippen molar-refractivity contribution in [2.24, 2.45) is 5.41 Å². The van der Waals surface area contributed by atoms with Gasteiger partial charge >= 0.3 is 29.8 Å². The molecule has 0 saturated carbocycles. The van der Waals surface area contributed by atoms with E-state index in [1.807, 2.05) is 0 Å². The van der Waals surface area contributed by atoms with Gasteiger partial charge in [-0.15, -0.1) is 0 Å². The Kier molecular flexibility index (Phi) is 5.50. The van der Waals surface area contributed by atoms with Crippen LogP contribution < -0.4 is 0 Å². The minimum atomic E-state index is -5.74. The molecular formula is C15H21F5O5. The molecule has 0 aromatic rings. The molecule has 0 amide bonds. The molecule has 0 spiro atoms. The van der Waals surface area contributed by atoms with Gasteiger partial charge in [-0.1, -0.05) is 13.8 Å². The monoisotopic (exact) mass is 376 g/mol. The van der Waals surface area contributed by atoms with Crippen LogP contribution in [0.1, 0.15) is 47.5 Å². The summed E-state index contributed by atoms with van der Waals surface area (Å²) in [6.07, 6.45) is -6.11. The number of hydrogen-bond donors (Lipinski definition) is 0. The Morgan fingerprint density at radius 2 is 1.64 bits per heavy atom. The Bertz CT molecular complexity index is 545.